The van der Waals surface area contributed by atoms with E-state index in [1.54, 1.807) is 0 Å². The number of benzene rings is 1. The second kappa shape index (κ2) is 12.5. The molecule has 0 saturated heterocycles. The fraction of sp³-hybridized carbons (Fsp3) is 0.538. The number of hydrogen-bond acceptors (Lipinski definition) is 2. The van der Waals surface area contributed by atoms with Crippen LogP contribution in [0.25, 0.3) is 0 Å². The van der Waals surface area contributed by atoms with Gasteiger partial charge in [-0.15, -0.1) is 12.1 Å². The summed E-state index contributed by atoms with van der Waals surface area (Å²) in [6.07, 6.45) is 1.08. The largest absolute Gasteiger partial charge is 2.00 e. The third-order valence-corrected chi connectivity index (χ3v) is 2.47. The van der Waals surface area contributed by atoms with Gasteiger partial charge in [0.15, 0.2) is 0 Å². The zero-order valence-corrected chi connectivity index (χ0v) is 13.0. The van der Waals surface area contributed by atoms with Crippen LogP contribution in [0.2, 0.25) is 0 Å². The Kier molecular flexibility index (Phi) is 14.2. The van der Waals surface area contributed by atoms with Crippen LogP contribution in [0.4, 0.5) is 0 Å². The van der Waals surface area contributed by atoms with Crippen molar-refractivity contribution in [3.05, 3.63) is 30.3 Å². The van der Waals surface area contributed by atoms with Crippen molar-refractivity contribution >= 4 is 23.1 Å². The second-order valence-corrected chi connectivity index (χ2v) is 3.46. The molecule has 4 heteroatoms. The Bertz CT molecular complexity index is 255. The van der Waals surface area contributed by atoms with Crippen molar-refractivity contribution in [3.8, 4) is 5.75 Å². The predicted octanol–water partition coefficient (Wildman–Crippen LogP) is -0.779. The van der Waals surface area contributed by atoms with Gasteiger partial charge in [0.05, 0.1) is 6.61 Å². The van der Waals surface area contributed by atoms with Crippen molar-refractivity contribution in [2.24, 2.45) is 0 Å². The fourth-order valence-electron chi connectivity index (χ4n) is 1.49. The molecular formula is C13H20ClMgNO. The van der Waals surface area contributed by atoms with E-state index in [4.69, 9.17) is 4.74 Å². The van der Waals surface area contributed by atoms with Crippen LogP contribution in [-0.4, -0.2) is 54.2 Å². The Morgan fingerprint density at radius 1 is 1.18 bits per heavy atom. The van der Waals surface area contributed by atoms with Crippen LogP contribution in [0.3, 0.4) is 0 Å². The van der Waals surface area contributed by atoms with Gasteiger partial charge in [-0.05, 0) is 19.5 Å². The number of ether oxygens (including phenoxy) is 1. The Balaban J connectivity index is 0. The monoisotopic (exact) mass is 265 g/mol. The first-order chi connectivity index (χ1) is 7.36. The summed E-state index contributed by atoms with van der Waals surface area (Å²) < 4.78 is 5.60. The van der Waals surface area contributed by atoms with E-state index in [1.807, 2.05) is 24.3 Å². The van der Waals surface area contributed by atoms with Gasteiger partial charge in [0.2, 0.25) is 0 Å². The molecule has 0 unspecified atom stereocenters. The minimum atomic E-state index is 0. The minimum Gasteiger partial charge on any atom is -1.00 e. The minimum absolute atomic E-state index is 0. The van der Waals surface area contributed by atoms with Gasteiger partial charge in [-0.3, -0.25) is 0 Å². The van der Waals surface area contributed by atoms with E-state index in [1.165, 1.54) is 0 Å². The van der Waals surface area contributed by atoms with Gasteiger partial charge in [0.1, 0.15) is 0 Å². The van der Waals surface area contributed by atoms with Gasteiger partial charge in [-0.2, -0.15) is 18.2 Å². The molecule has 1 aromatic rings. The third kappa shape index (κ3) is 8.72. The average Bonchev–Trinajstić information content (AvgIpc) is 2.31. The summed E-state index contributed by atoms with van der Waals surface area (Å²) in [5.41, 5.74) is 0. The molecule has 0 amide bonds. The van der Waals surface area contributed by atoms with Crippen LogP contribution >= 0.6 is 0 Å². The van der Waals surface area contributed by atoms with Crippen molar-refractivity contribution in [2.75, 3.05) is 26.2 Å². The van der Waals surface area contributed by atoms with Gasteiger partial charge >= 0.3 is 23.1 Å². The summed E-state index contributed by atoms with van der Waals surface area (Å²) in [5.74, 6) is 0.938. The quantitative estimate of drug-likeness (QED) is 0.365. The molecule has 0 bridgehead atoms. The first-order valence-electron chi connectivity index (χ1n) is 5.68. The van der Waals surface area contributed by atoms with E-state index in [-0.39, 0.29) is 35.5 Å². The Morgan fingerprint density at radius 3 is 2.29 bits per heavy atom. The summed E-state index contributed by atoms with van der Waals surface area (Å²) >= 11 is 0. The average molecular weight is 266 g/mol. The molecule has 2 nitrogen and oxygen atoms in total. The molecule has 1 aromatic carbocycles. The smallest absolute Gasteiger partial charge is 1.00 e. The topological polar surface area (TPSA) is 12.5 Å². The molecule has 0 aliphatic rings. The van der Waals surface area contributed by atoms with Crippen molar-refractivity contribution in [2.45, 2.75) is 20.3 Å². The third-order valence-electron chi connectivity index (χ3n) is 2.47. The number of rotatable bonds is 7. The van der Waals surface area contributed by atoms with Crippen LogP contribution in [-0.2, 0) is 0 Å². The van der Waals surface area contributed by atoms with Gasteiger partial charge in [-0.25, -0.2) is 0 Å². The van der Waals surface area contributed by atoms with Gasteiger partial charge in [-0.1, -0.05) is 13.8 Å². The first-order valence-corrected chi connectivity index (χ1v) is 5.68. The van der Waals surface area contributed by atoms with E-state index < -0.39 is 0 Å². The van der Waals surface area contributed by atoms with Crippen LogP contribution < -0.4 is 17.1 Å². The van der Waals surface area contributed by atoms with Crippen LogP contribution in [0.1, 0.15) is 20.3 Å². The van der Waals surface area contributed by atoms with Crippen LogP contribution in [0.15, 0.2) is 24.3 Å². The van der Waals surface area contributed by atoms with Gasteiger partial charge < -0.3 is 22.0 Å². The zero-order chi connectivity index (χ0) is 10.9. The normalized spacial score (nSPS) is 9.35. The van der Waals surface area contributed by atoms with Crippen molar-refractivity contribution in [1.29, 1.82) is 0 Å². The zero-order valence-electron chi connectivity index (χ0n) is 10.8. The first kappa shape index (κ1) is 19.4. The number of halogens is 1. The molecule has 0 N–H and O–H groups in total. The maximum atomic E-state index is 5.60. The molecular weight excluding hydrogens is 246 g/mol. The molecule has 0 aliphatic carbocycles. The standard InChI is InChI=1S/C13H20NO.ClH.Mg/c1-3-14(4-2)11-8-12-15-13-9-6-5-7-10-13;;/h6-7,9-10H,3-4,8,11-12H2,1-2H3;1H;/q-1;;+2/p-1. The molecule has 0 aliphatic heterocycles. The summed E-state index contributed by atoms with van der Waals surface area (Å²) in [6.45, 7) is 8.54. The maximum Gasteiger partial charge on any atom is 2.00 e. The molecule has 0 saturated carbocycles. The molecule has 0 spiro atoms. The Hall–Kier alpha value is 0.0362. The van der Waals surface area contributed by atoms with Crippen molar-refractivity contribution < 1.29 is 17.1 Å². The van der Waals surface area contributed by atoms with E-state index in [9.17, 15) is 0 Å². The summed E-state index contributed by atoms with van der Waals surface area (Å²) in [6, 6.07) is 10.6. The summed E-state index contributed by atoms with van der Waals surface area (Å²) in [5, 5.41) is 0. The van der Waals surface area contributed by atoms with Crippen molar-refractivity contribution in [3.63, 3.8) is 0 Å². The van der Waals surface area contributed by atoms with Gasteiger partial charge in [0.25, 0.3) is 0 Å². The molecule has 0 atom stereocenters. The maximum absolute atomic E-state index is 5.60. The molecule has 0 fully saturated rings. The van der Waals surface area contributed by atoms with E-state index >= 15 is 0 Å². The SMILES string of the molecule is CCN(CC)CCCOc1cc[c-]cc1.[Cl-].[Mg+2]. The van der Waals surface area contributed by atoms with Crippen LogP contribution in [0, 0.1) is 6.07 Å². The molecule has 0 heterocycles. The molecule has 92 valence electrons. The molecule has 17 heavy (non-hydrogen) atoms. The number of nitrogens with zero attached hydrogens (tertiary/aromatic N) is 1. The predicted molar refractivity (Wildman–Crippen MR) is 68.9 cm³/mol. The molecule has 0 radical (unpaired) electrons. The van der Waals surface area contributed by atoms with Gasteiger partial charge in [0, 0.05) is 12.3 Å². The summed E-state index contributed by atoms with van der Waals surface area (Å²) in [4.78, 5) is 2.40. The molecule has 0 aromatic heterocycles. The van der Waals surface area contributed by atoms with Crippen LogP contribution in [0.5, 0.6) is 5.75 Å². The Morgan fingerprint density at radius 2 is 1.76 bits per heavy atom. The van der Waals surface area contributed by atoms with E-state index in [0.717, 1.165) is 38.4 Å². The number of hydrogen-bond donors (Lipinski definition) is 0. The summed E-state index contributed by atoms with van der Waals surface area (Å²) in [7, 11) is 0. The molecule has 1 rings (SSSR count). The Labute approximate surface area is 127 Å². The fourth-order valence-corrected chi connectivity index (χ4v) is 1.49. The van der Waals surface area contributed by atoms with E-state index in [2.05, 4.69) is 24.8 Å². The van der Waals surface area contributed by atoms with Crippen molar-refractivity contribution in [1.82, 2.24) is 4.90 Å². The van der Waals surface area contributed by atoms with E-state index in [0.29, 0.717) is 0 Å². The second-order valence-electron chi connectivity index (χ2n) is 3.46.